The van der Waals surface area contributed by atoms with Gasteiger partial charge in [-0.1, -0.05) is 48.7 Å². The summed E-state index contributed by atoms with van der Waals surface area (Å²) in [5.41, 5.74) is 2.48. The average Bonchev–Trinajstić information content (AvgIpc) is 3.01. The highest BCUT2D eigenvalue weighted by atomic mass is 32.2. The van der Waals surface area contributed by atoms with Gasteiger partial charge in [-0.2, -0.15) is 0 Å². The number of aryl methyl sites for hydroxylation is 2. The summed E-state index contributed by atoms with van der Waals surface area (Å²) in [6.07, 6.45) is 8.71. The summed E-state index contributed by atoms with van der Waals surface area (Å²) in [6, 6.07) is 6.42. The molecular formula is C21H25N5O2S. The van der Waals surface area contributed by atoms with Gasteiger partial charge in [0.05, 0.1) is 0 Å². The Bertz CT molecular complexity index is 1100. The topological polar surface area (TPSA) is 81.3 Å². The second-order valence-corrected chi connectivity index (χ2v) is 8.67. The fraction of sp³-hybridized carbons (Fsp3) is 0.429. The maximum atomic E-state index is 12.7. The minimum atomic E-state index is -0.330. The van der Waals surface area contributed by atoms with Crippen molar-refractivity contribution in [3.63, 3.8) is 0 Å². The molecule has 1 fully saturated rings. The summed E-state index contributed by atoms with van der Waals surface area (Å²) in [6.45, 7) is 4.03. The number of hydrogen-bond acceptors (Lipinski definition) is 5. The molecule has 1 saturated carbocycles. The maximum Gasteiger partial charge on any atom is 0.350 e. The number of benzene rings is 1. The SMILES string of the molecule is Cc1ccc(Sc2nccn3c(=O)n(CC(=O)NC4CCCCC4)nc23)c(C)c1. The summed E-state index contributed by atoms with van der Waals surface area (Å²) in [5, 5.41) is 8.09. The smallest absolute Gasteiger partial charge is 0.350 e. The lowest BCUT2D eigenvalue weighted by Gasteiger charge is -2.22. The highest BCUT2D eigenvalue weighted by Gasteiger charge is 2.19. The maximum absolute atomic E-state index is 12.7. The molecule has 3 aromatic rings. The largest absolute Gasteiger partial charge is 0.352 e. The average molecular weight is 412 g/mol. The van der Waals surface area contributed by atoms with Crippen molar-refractivity contribution in [1.29, 1.82) is 0 Å². The van der Waals surface area contributed by atoms with Crippen LogP contribution in [-0.2, 0) is 11.3 Å². The van der Waals surface area contributed by atoms with Gasteiger partial charge in [0.2, 0.25) is 5.91 Å². The van der Waals surface area contributed by atoms with Crippen molar-refractivity contribution in [2.45, 2.75) is 68.5 Å². The normalized spacial score (nSPS) is 15.0. The van der Waals surface area contributed by atoms with E-state index in [0.717, 1.165) is 36.1 Å². The molecular weight excluding hydrogens is 386 g/mol. The van der Waals surface area contributed by atoms with E-state index in [1.165, 1.54) is 32.8 Å². The number of fused-ring (bicyclic) bond motifs is 1. The van der Waals surface area contributed by atoms with E-state index in [1.807, 2.05) is 6.07 Å². The van der Waals surface area contributed by atoms with Crippen molar-refractivity contribution >= 4 is 23.3 Å². The molecule has 0 bridgehead atoms. The number of aromatic nitrogens is 4. The third kappa shape index (κ3) is 4.37. The fourth-order valence-corrected chi connectivity index (χ4v) is 4.68. The highest BCUT2D eigenvalue weighted by Crippen LogP contribution is 2.31. The zero-order valence-corrected chi connectivity index (χ0v) is 17.5. The Morgan fingerprint density at radius 2 is 2.03 bits per heavy atom. The van der Waals surface area contributed by atoms with Crippen molar-refractivity contribution in [1.82, 2.24) is 24.5 Å². The molecule has 1 aromatic carbocycles. The number of rotatable bonds is 5. The van der Waals surface area contributed by atoms with Gasteiger partial charge in [0.15, 0.2) is 5.65 Å². The molecule has 1 N–H and O–H groups in total. The molecule has 1 amide bonds. The Labute approximate surface area is 173 Å². The summed E-state index contributed by atoms with van der Waals surface area (Å²) in [5.74, 6) is -0.168. The number of carbonyl (C=O) groups excluding carboxylic acids is 1. The van der Waals surface area contributed by atoms with Crippen molar-refractivity contribution < 1.29 is 4.79 Å². The molecule has 4 rings (SSSR count). The van der Waals surface area contributed by atoms with E-state index in [2.05, 4.69) is 41.4 Å². The molecule has 7 nitrogen and oxygen atoms in total. The first-order valence-corrected chi connectivity index (χ1v) is 10.8. The molecule has 0 spiro atoms. The lowest BCUT2D eigenvalue weighted by atomic mass is 9.95. The fourth-order valence-electron chi connectivity index (χ4n) is 3.78. The molecule has 1 aliphatic rings. The second kappa shape index (κ2) is 8.41. The van der Waals surface area contributed by atoms with Gasteiger partial charge in [-0.05, 0) is 38.3 Å². The Morgan fingerprint density at radius 1 is 1.24 bits per heavy atom. The zero-order valence-electron chi connectivity index (χ0n) is 16.7. The first-order valence-electron chi connectivity index (χ1n) is 10.00. The van der Waals surface area contributed by atoms with Crippen molar-refractivity contribution in [2.24, 2.45) is 0 Å². The predicted octanol–water partition coefficient (Wildman–Crippen LogP) is 3.11. The monoisotopic (exact) mass is 411 g/mol. The molecule has 0 radical (unpaired) electrons. The molecule has 1 aliphatic carbocycles. The van der Waals surface area contributed by atoms with Gasteiger partial charge in [0, 0.05) is 23.3 Å². The number of amides is 1. The standard InChI is InChI=1S/C21H25N5O2S/c1-14-8-9-17(15(2)12-14)29-20-19-24-26(21(28)25(19)11-10-22-20)13-18(27)23-16-6-4-3-5-7-16/h8-12,16H,3-7,13H2,1-2H3,(H,23,27). The van der Waals surface area contributed by atoms with Crippen molar-refractivity contribution in [2.75, 3.05) is 0 Å². The van der Waals surface area contributed by atoms with E-state index in [-0.39, 0.29) is 24.2 Å². The van der Waals surface area contributed by atoms with Gasteiger partial charge in [-0.15, -0.1) is 5.10 Å². The van der Waals surface area contributed by atoms with Crippen LogP contribution in [0.1, 0.15) is 43.2 Å². The quantitative estimate of drug-likeness (QED) is 0.698. The van der Waals surface area contributed by atoms with Gasteiger partial charge >= 0.3 is 5.69 Å². The van der Waals surface area contributed by atoms with Gasteiger partial charge < -0.3 is 5.32 Å². The lowest BCUT2D eigenvalue weighted by Crippen LogP contribution is -2.40. The summed E-state index contributed by atoms with van der Waals surface area (Å²) < 4.78 is 2.67. The Morgan fingerprint density at radius 3 is 2.79 bits per heavy atom. The first kappa shape index (κ1) is 19.7. The molecule has 0 aliphatic heterocycles. The molecule has 0 saturated heterocycles. The number of nitrogens with one attached hydrogen (secondary N) is 1. The molecule has 0 unspecified atom stereocenters. The number of hydrogen-bond donors (Lipinski definition) is 1. The van der Waals surface area contributed by atoms with Crippen LogP contribution in [0.3, 0.4) is 0 Å². The van der Waals surface area contributed by atoms with Crippen molar-refractivity contribution in [3.05, 3.63) is 52.2 Å². The molecule has 29 heavy (non-hydrogen) atoms. The van der Waals surface area contributed by atoms with E-state index in [0.29, 0.717) is 10.7 Å². The van der Waals surface area contributed by atoms with Gasteiger partial charge in [0.25, 0.3) is 0 Å². The van der Waals surface area contributed by atoms with Crippen LogP contribution in [-0.4, -0.2) is 31.1 Å². The number of carbonyl (C=O) groups is 1. The van der Waals surface area contributed by atoms with Gasteiger partial charge in [-0.3, -0.25) is 4.79 Å². The molecule has 0 atom stereocenters. The molecule has 2 heterocycles. The third-order valence-corrected chi connectivity index (χ3v) is 6.43. The van der Waals surface area contributed by atoms with Crippen LogP contribution in [0.5, 0.6) is 0 Å². The number of nitrogens with zero attached hydrogens (tertiary/aromatic N) is 4. The van der Waals surface area contributed by atoms with Crippen LogP contribution < -0.4 is 11.0 Å². The van der Waals surface area contributed by atoms with E-state index in [9.17, 15) is 9.59 Å². The second-order valence-electron chi connectivity index (χ2n) is 7.64. The van der Waals surface area contributed by atoms with Crippen LogP contribution in [0, 0.1) is 13.8 Å². The van der Waals surface area contributed by atoms with Gasteiger partial charge in [-0.25, -0.2) is 18.9 Å². The molecule has 152 valence electrons. The summed E-state index contributed by atoms with van der Waals surface area (Å²) >= 11 is 1.47. The zero-order chi connectivity index (χ0) is 20.4. The molecule has 2 aromatic heterocycles. The third-order valence-electron chi connectivity index (χ3n) is 5.27. The van der Waals surface area contributed by atoms with Gasteiger partial charge in [0.1, 0.15) is 11.6 Å². The van der Waals surface area contributed by atoms with Crippen LogP contribution in [0.15, 0.2) is 45.3 Å². The predicted molar refractivity (Wildman–Crippen MR) is 112 cm³/mol. The Hall–Kier alpha value is -2.61. The minimum Gasteiger partial charge on any atom is -0.352 e. The van der Waals surface area contributed by atoms with E-state index in [1.54, 1.807) is 12.4 Å². The minimum absolute atomic E-state index is 0.0787. The van der Waals surface area contributed by atoms with E-state index in [4.69, 9.17) is 0 Å². The van der Waals surface area contributed by atoms with Crippen LogP contribution >= 0.6 is 11.8 Å². The van der Waals surface area contributed by atoms with Crippen molar-refractivity contribution in [3.8, 4) is 0 Å². The Balaban J connectivity index is 1.57. The first-order chi connectivity index (χ1) is 14.0. The summed E-state index contributed by atoms with van der Waals surface area (Å²) in [4.78, 5) is 30.6. The van der Waals surface area contributed by atoms with E-state index >= 15 is 0 Å². The van der Waals surface area contributed by atoms with Crippen LogP contribution in [0.4, 0.5) is 0 Å². The van der Waals surface area contributed by atoms with Crippen LogP contribution in [0.25, 0.3) is 5.65 Å². The highest BCUT2D eigenvalue weighted by molar-refractivity contribution is 7.99. The van der Waals surface area contributed by atoms with E-state index < -0.39 is 0 Å². The lowest BCUT2D eigenvalue weighted by molar-refractivity contribution is -0.122. The molecule has 8 heteroatoms. The van der Waals surface area contributed by atoms with Crippen LogP contribution in [0.2, 0.25) is 0 Å². The Kier molecular flexibility index (Phi) is 5.71. The summed E-state index contributed by atoms with van der Waals surface area (Å²) in [7, 11) is 0.